The summed E-state index contributed by atoms with van der Waals surface area (Å²) in [7, 11) is 1.91. The highest BCUT2D eigenvalue weighted by molar-refractivity contribution is 7.08. The van der Waals surface area contributed by atoms with E-state index in [4.69, 9.17) is 0 Å². The number of aromatic nitrogens is 2. The SMILES string of the molecule is Cn1cc([C@H]2CCCN2C(=O)c2ccsc2)cn1. The number of hydrogen-bond acceptors (Lipinski definition) is 3. The molecule has 2 aromatic rings. The molecule has 0 spiro atoms. The maximum Gasteiger partial charge on any atom is 0.255 e. The van der Waals surface area contributed by atoms with Gasteiger partial charge in [-0.25, -0.2) is 0 Å². The Bertz CT molecular complexity index is 546. The fourth-order valence-corrected chi connectivity index (χ4v) is 3.15. The van der Waals surface area contributed by atoms with Gasteiger partial charge in [-0.05, 0) is 24.3 Å². The Balaban J connectivity index is 1.85. The normalized spacial score (nSPS) is 19.4. The number of carbonyl (C=O) groups is 1. The lowest BCUT2D eigenvalue weighted by Gasteiger charge is -2.23. The van der Waals surface area contributed by atoms with Crippen molar-refractivity contribution in [1.29, 1.82) is 0 Å². The van der Waals surface area contributed by atoms with Crippen molar-refractivity contribution in [3.8, 4) is 0 Å². The molecule has 1 saturated heterocycles. The molecule has 0 N–H and O–H groups in total. The first kappa shape index (κ1) is 11.5. The Hall–Kier alpha value is -1.62. The molecular weight excluding hydrogens is 246 g/mol. The van der Waals surface area contributed by atoms with Gasteiger partial charge < -0.3 is 4.90 Å². The molecule has 1 fully saturated rings. The minimum absolute atomic E-state index is 0.141. The van der Waals surface area contributed by atoms with E-state index in [1.807, 2.05) is 41.2 Å². The van der Waals surface area contributed by atoms with Crippen molar-refractivity contribution in [1.82, 2.24) is 14.7 Å². The monoisotopic (exact) mass is 261 g/mol. The lowest BCUT2D eigenvalue weighted by atomic mass is 10.1. The van der Waals surface area contributed by atoms with Gasteiger partial charge in [-0.15, -0.1) is 0 Å². The third-order valence-corrected chi connectivity index (χ3v) is 4.07. The first-order valence-electron chi connectivity index (χ1n) is 6.07. The van der Waals surface area contributed by atoms with Gasteiger partial charge in [0.2, 0.25) is 0 Å². The van der Waals surface area contributed by atoms with Crippen LogP contribution in [0.4, 0.5) is 0 Å². The van der Waals surface area contributed by atoms with E-state index in [-0.39, 0.29) is 11.9 Å². The van der Waals surface area contributed by atoms with E-state index in [0.717, 1.165) is 30.5 Å². The van der Waals surface area contributed by atoms with Crippen LogP contribution in [0.25, 0.3) is 0 Å². The molecular formula is C13H15N3OS. The summed E-state index contributed by atoms with van der Waals surface area (Å²) in [5, 5.41) is 8.06. The maximum atomic E-state index is 12.4. The molecule has 0 radical (unpaired) electrons. The van der Waals surface area contributed by atoms with Gasteiger partial charge in [0.15, 0.2) is 0 Å². The summed E-state index contributed by atoms with van der Waals surface area (Å²) in [5.74, 6) is 0.141. The summed E-state index contributed by atoms with van der Waals surface area (Å²) in [6.45, 7) is 0.842. The van der Waals surface area contributed by atoms with Gasteiger partial charge >= 0.3 is 0 Å². The first-order valence-corrected chi connectivity index (χ1v) is 7.01. The smallest absolute Gasteiger partial charge is 0.255 e. The number of likely N-dealkylation sites (tertiary alicyclic amines) is 1. The molecule has 1 aliphatic heterocycles. The maximum absolute atomic E-state index is 12.4. The van der Waals surface area contributed by atoms with Gasteiger partial charge in [0, 0.05) is 30.7 Å². The number of hydrogen-bond donors (Lipinski definition) is 0. The number of rotatable bonds is 2. The molecule has 0 bridgehead atoms. The first-order chi connectivity index (χ1) is 8.75. The highest BCUT2D eigenvalue weighted by Gasteiger charge is 2.31. The largest absolute Gasteiger partial charge is 0.331 e. The predicted molar refractivity (Wildman–Crippen MR) is 70.5 cm³/mol. The third-order valence-electron chi connectivity index (χ3n) is 3.39. The average molecular weight is 261 g/mol. The summed E-state index contributed by atoms with van der Waals surface area (Å²) in [4.78, 5) is 14.4. The Kier molecular flexibility index (Phi) is 2.91. The van der Waals surface area contributed by atoms with Gasteiger partial charge in [0.25, 0.3) is 5.91 Å². The van der Waals surface area contributed by atoms with Crippen molar-refractivity contribution in [2.75, 3.05) is 6.54 Å². The van der Waals surface area contributed by atoms with Crippen LogP contribution in [0.2, 0.25) is 0 Å². The van der Waals surface area contributed by atoms with Gasteiger partial charge in [0.1, 0.15) is 0 Å². The van der Waals surface area contributed by atoms with E-state index in [9.17, 15) is 4.79 Å². The van der Waals surface area contributed by atoms with E-state index >= 15 is 0 Å². The van der Waals surface area contributed by atoms with Crippen LogP contribution >= 0.6 is 11.3 Å². The molecule has 18 heavy (non-hydrogen) atoms. The highest BCUT2D eigenvalue weighted by Crippen LogP contribution is 2.32. The van der Waals surface area contributed by atoms with E-state index in [1.165, 1.54) is 0 Å². The van der Waals surface area contributed by atoms with Crippen molar-refractivity contribution >= 4 is 17.2 Å². The van der Waals surface area contributed by atoms with Crippen LogP contribution in [0.1, 0.15) is 34.8 Å². The van der Waals surface area contributed by atoms with E-state index in [2.05, 4.69) is 5.10 Å². The predicted octanol–water partition coefficient (Wildman–Crippen LogP) is 2.46. The van der Waals surface area contributed by atoms with Gasteiger partial charge in [-0.2, -0.15) is 16.4 Å². The van der Waals surface area contributed by atoms with Crippen LogP contribution in [-0.4, -0.2) is 27.1 Å². The molecule has 94 valence electrons. The second-order valence-corrected chi connectivity index (χ2v) is 5.40. The minimum Gasteiger partial charge on any atom is -0.331 e. The van der Waals surface area contributed by atoms with E-state index in [0.29, 0.717) is 0 Å². The molecule has 0 saturated carbocycles. The number of nitrogens with zero attached hydrogens (tertiary/aromatic N) is 3. The third kappa shape index (κ3) is 1.95. The lowest BCUT2D eigenvalue weighted by molar-refractivity contribution is 0.0736. The standard InChI is InChI=1S/C13H15N3OS/c1-15-8-11(7-14-15)12-3-2-5-16(12)13(17)10-4-6-18-9-10/h4,6-9,12H,2-3,5H2,1H3/t12-/m1/s1. The molecule has 5 heteroatoms. The molecule has 1 atom stereocenters. The molecule has 0 unspecified atom stereocenters. The zero-order valence-corrected chi connectivity index (χ0v) is 11.1. The topological polar surface area (TPSA) is 38.1 Å². The fourth-order valence-electron chi connectivity index (χ4n) is 2.52. The van der Waals surface area contributed by atoms with E-state index in [1.54, 1.807) is 16.0 Å². The number of carbonyl (C=O) groups excluding carboxylic acids is 1. The molecule has 3 rings (SSSR count). The van der Waals surface area contributed by atoms with Gasteiger partial charge in [0.05, 0.1) is 17.8 Å². The van der Waals surface area contributed by atoms with Crippen LogP contribution in [0.3, 0.4) is 0 Å². The average Bonchev–Trinajstić information content (AvgIpc) is 3.09. The second kappa shape index (κ2) is 4.57. The number of aryl methyl sites for hydroxylation is 1. The Morgan fingerprint density at radius 3 is 3.11 bits per heavy atom. The summed E-state index contributed by atoms with van der Waals surface area (Å²) >= 11 is 1.56. The van der Waals surface area contributed by atoms with Crippen LogP contribution in [-0.2, 0) is 7.05 Å². The zero-order chi connectivity index (χ0) is 12.5. The fraction of sp³-hybridized carbons (Fsp3) is 0.385. The Morgan fingerprint density at radius 1 is 1.56 bits per heavy atom. The molecule has 2 aromatic heterocycles. The zero-order valence-electron chi connectivity index (χ0n) is 10.2. The van der Waals surface area contributed by atoms with Crippen molar-refractivity contribution < 1.29 is 4.79 Å². The lowest BCUT2D eigenvalue weighted by Crippen LogP contribution is -2.30. The summed E-state index contributed by atoms with van der Waals surface area (Å²) in [5.41, 5.74) is 1.94. The summed E-state index contributed by atoms with van der Waals surface area (Å²) in [6.07, 6.45) is 5.96. The molecule has 4 nitrogen and oxygen atoms in total. The quantitative estimate of drug-likeness (QED) is 0.833. The van der Waals surface area contributed by atoms with Crippen molar-refractivity contribution in [3.63, 3.8) is 0 Å². The van der Waals surface area contributed by atoms with E-state index < -0.39 is 0 Å². The van der Waals surface area contributed by atoms with Crippen molar-refractivity contribution in [2.45, 2.75) is 18.9 Å². The van der Waals surface area contributed by atoms with Crippen LogP contribution in [0.5, 0.6) is 0 Å². The van der Waals surface area contributed by atoms with Crippen LogP contribution in [0.15, 0.2) is 29.2 Å². The molecule has 1 amide bonds. The van der Waals surface area contributed by atoms with Gasteiger partial charge in [-0.3, -0.25) is 9.48 Å². The minimum atomic E-state index is 0.141. The number of thiophene rings is 1. The van der Waals surface area contributed by atoms with Crippen LogP contribution in [0, 0.1) is 0 Å². The second-order valence-electron chi connectivity index (χ2n) is 4.62. The van der Waals surface area contributed by atoms with Crippen molar-refractivity contribution in [2.24, 2.45) is 7.05 Å². The van der Waals surface area contributed by atoms with Crippen LogP contribution < -0.4 is 0 Å². The molecule has 1 aliphatic rings. The summed E-state index contributed by atoms with van der Waals surface area (Å²) in [6, 6.07) is 2.08. The molecule has 3 heterocycles. The van der Waals surface area contributed by atoms with Crippen molar-refractivity contribution in [3.05, 3.63) is 40.3 Å². The molecule has 0 aromatic carbocycles. The Labute approximate surface area is 110 Å². The Morgan fingerprint density at radius 2 is 2.44 bits per heavy atom. The molecule has 0 aliphatic carbocycles. The summed E-state index contributed by atoms with van der Waals surface area (Å²) < 4.78 is 1.79. The number of amides is 1. The van der Waals surface area contributed by atoms with Gasteiger partial charge in [-0.1, -0.05) is 0 Å². The highest BCUT2D eigenvalue weighted by atomic mass is 32.1.